The molecule has 0 amide bonds. The van der Waals surface area contributed by atoms with Crippen LogP contribution in [0.2, 0.25) is 0 Å². The summed E-state index contributed by atoms with van der Waals surface area (Å²) >= 11 is 0. The third kappa shape index (κ3) is 3.74. The van der Waals surface area contributed by atoms with Gasteiger partial charge in [0.2, 0.25) is 0 Å². The summed E-state index contributed by atoms with van der Waals surface area (Å²) in [7, 11) is 0. The summed E-state index contributed by atoms with van der Waals surface area (Å²) in [5.74, 6) is 0. The molecule has 29 heavy (non-hydrogen) atoms. The Kier molecular flexibility index (Phi) is 5.56. The minimum Gasteiger partial charge on any atom is -0.369 e. The lowest BCUT2D eigenvalue weighted by Crippen LogP contribution is -2.43. The molecule has 0 atom stereocenters. The Morgan fingerprint density at radius 1 is 0.793 bits per heavy atom. The molecule has 4 aromatic rings. The topological polar surface area (TPSA) is 33.1 Å². The fraction of sp³-hybridized carbons (Fsp3) is 0.208. The Labute approximate surface area is 177 Å². The molecular formula is C24H25ClN4. The average Bonchev–Trinajstić information content (AvgIpc) is 3.11. The molecule has 0 saturated carbocycles. The Morgan fingerprint density at radius 2 is 1.52 bits per heavy atom. The van der Waals surface area contributed by atoms with Crippen LogP contribution in [0.1, 0.15) is 5.69 Å². The molecule has 5 rings (SSSR count). The molecule has 0 bridgehead atoms. The van der Waals surface area contributed by atoms with Crippen LogP contribution in [0, 0.1) is 6.92 Å². The van der Waals surface area contributed by atoms with Crippen LogP contribution in [0.3, 0.4) is 0 Å². The maximum absolute atomic E-state index is 4.79. The quantitative estimate of drug-likeness (QED) is 0.530. The van der Waals surface area contributed by atoms with Crippen LogP contribution in [0.4, 0.5) is 5.69 Å². The van der Waals surface area contributed by atoms with Gasteiger partial charge in [-0.15, -0.1) is 12.4 Å². The first kappa shape index (κ1) is 19.5. The highest BCUT2D eigenvalue weighted by Gasteiger charge is 2.13. The zero-order valence-corrected chi connectivity index (χ0v) is 17.3. The number of para-hydroxylation sites is 1. The second-order valence-electron chi connectivity index (χ2n) is 7.35. The van der Waals surface area contributed by atoms with Crippen molar-refractivity contribution in [3.63, 3.8) is 0 Å². The Hall–Kier alpha value is -2.82. The summed E-state index contributed by atoms with van der Waals surface area (Å²) in [5.41, 5.74) is 7.06. The Balaban J connectivity index is 0.00000205. The van der Waals surface area contributed by atoms with Gasteiger partial charge in [0, 0.05) is 37.3 Å². The predicted octanol–water partition coefficient (Wildman–Crippen LogP) is 4.83. The first-order valence-electron chi connectivity index (χ1n) is 9.90. The maximum Gasteiger partial charge on any atom is 0.0750 e. The number of anilines is 1. The SMILES string of the molecule is Cc1nn(-c2ccccc2)c2cc(-c3cccc(N4CCNCC4)c3)ccc12.Cl. The number of halogens is 1. The van der Waals surface area contributed by atoms with Crippen LogP contribution in [0.5, 0.6) is 0 Å². The molecule has 1 fully saturated rings. The number of aromatic nitrogens is 2. The standard InChI is InChI=1S/C24H24N4.ClH/c1-18-23-11-10-20(17-24(23)28(26-18)21-7-3-2-4-8-21)19-6-5-9-22(16-19)27-14-12-25-13-15-27;/h2-11,16-17,25H,12-15H2,1H3;1H. The fourth-order valence-electron chi connectivity index (χ4n) is 4.02. The summed E-state index contributed by atoms with van der Waals surface area (Å²) in [4.78, 5) is 2.46. The summed E-state index contributed by atoms with van der Waals surface area (Å²) in [5, 5.41) is 9.41. The fourth-order valence-corrected chi connectivity index (χ4v) is 4.02. The van der Waals surface area contributed by atoms with Crippen LogP contribution in [0.15, 0.2) is 72.8 Å². The third-order valence-corrected chi connectivity index (χ3v) is 5.53. The van der Waals surface area contributed by atoms with Gasteiger partial charge >= 0.3 is 0 Å². The summed E-state index contributed by atoms with van der Waals surface area (Å²) in [6.45, 7) is 6.29. The lowest BCUT2D eigenvalue weighted by Gasteiger charge is -2.29. The van der Waals surface area contributed by atoms with Crippen LogP contribution in [-0.2, 0) is 0 Å². The highest BCUT2D eigenvalue weighted by molar-refractivity contribution is 5.88. The van der Waals surface area contributed by atoms with E-state index in [9.17, 15) is 0 Å². The van der Waals surface area contributed by atoms with Crippen molar-refractivity contribution in [2.24, 2.45) is 0 Å². The zero-order chi connectivity index (χ0) is 18.9. The van der Waals surface area contributed by atoms with Crippen LogP contribution >= 0.6 is 12.4 Å². The molecule has 1 saturated heterocycles. The molecule has 5 heteroatoms. The van der Waals surface area contributed by atoms with E-state index in [0.717, 1.165) is 43.1 Å². The largest absolute Gasteiger partial charge is 0.369 e. The van der Waals surface area contributed by atoms with E-state index in [1.54, 1.807) is 0 Å². The van der Waals surface area contributed by atoms with Crippen molar-refractivity contribution in [1.82, 2.24) is 15.1 Å². The number of piperazine rings is 1. The van der Waals surface area contributed by atoms with E-state index in [1.165, 1.54) is 22.2 Å². The van der Waals surface area contributed by atoms with Gasteiger partial charge < -0.3 is 10.2 Å². The molecular weight excluding hydrogens is 380 g/mol. The average molecular weight is 405 g/mol. The molecule has 1 aromatic heterocycles. The van der Waals surface area contributed by atoms with Gasteiger partial charge in [-0.1, -0.05) is 42.5 Å². The highest BCUT2D eigenvalue weighted by Crippen LogP contribution is 2.30. The van der Waals surface area contributed by atoms with E-state index in [1.807, 2.05) is 10.7 Å². The molecule has 0 spiro atoms. The van der Waals surface area contributed by atoms with E-state index < -0.39 is 0 Å². The highest BCUT2D eigenvalue weighted by atomic mass is 35.5. The van der Waals surface area contributed by atoms with Gasteiger partial charge in [-0.05, 0) is 48.4 Å². The van der Waals surface area contributed by atoms with Gasteiger partial charge in [-0.2, -0.15) is 5.10 Å². The minimum absolute atomic E-state index is 0. The van der Waals surface area contributed by atoms with Crippen molar-refractivity contribution < 1.29 is 0 Å². The predicted molar refractivity (Wildman–Crippen MR) is 124 cm³/mol. The summed E-state index contributed by atoms with van der Waals surface area (Å²) in [6.07, 6.45) is 0. The van der Waals surface area contributed by atoms with Gasteiger partial charge in [0.15, 0.2) is 0 Å². The van der Waals surface area contributed by atoms with Gasteiger partial charge in [-0.25, -0.2) is 4.68 Å². The first-order valence-corrected chi connectivity index (χ1v) is 9.90. The Bertz CT molecular complexity index is 1110. The first-order chi connectivity index (χ1) is 13.8. The maximum atomic E-state index is 4.79. The molecule has 1 aliphatic rings. The van der Waals surface area contributed by atoms with Crippen LogP contribution in [0.25, 0.3) is 27.7 Å². The van der Waals surface area contributed by atoms with Gasteiger partial charge in [-0.3, -0.25) is 0 Å². The molecule has 2 heterocycles. The summed E-state index contributed by atoms with van der Waals surface area (Å²) < 4.78 is 2.05. The molecule has 1 aliphatic heterocycles. The van der Waals surface area contributed by atoms with Crippen molar-refractivity contribution in [3.8, 4) is 16.8 Å². The van der Waals surface area contributed by atoms with Crippen molar-refractivity contribution >= 4 is 29.0 Å². The van der Waals surface area contributed by atoms with Crippen LogP contribution in [-0.4, -0.2) is 36.0 Å². The number of benzene rings is 3. The number of nitrogens with one attached hydrogen (secondary N) is 1. The van der Waals surface area contributed by atoms with Crippen LogP contribution < -0.4 is 10.2 Å². The lowest BCUT2D eigenvalue weighted by molar-refractivity contribution is 0.589. The van der Waals surface area contributed by atoms with E-state index in [-0.39, 0.29) is 12.4 Å². The van der Waals surface area contributed by atoms with E-state index in [0.29, 0.717) is 0 Å². The molecule has 0 radical (unpaired) electrons. The molecule has 1 N–H and O–H groups in total. The molecule has 4 nitrogen and oxygen atoms in total. The van der Waals surface area contributed by atoms with Crippen molar-refractivity contribution in [3.05, 3.63) is 78.5 Å². The molecule has 148 valence electrons. The van der Waals surface area contributed by atoms with Gasteiger partial charge in [0.05, 0.1) is 16.9 Å². The molecule has 0 aliphatic carbocycles. The number of nitrogens with zero attached hydrogens (tertiary/aromatic N) is 3. The zero-order valence-electron chi connectivity index (χ0n) is 16.5. The van der Waals surface area contributed by atoms with E-state index in [4.69, 9.17) is 5.10 Å². The van der Waals surface area contributed by atoms with E-state index >= 15 is 0 Å². The second kappa shape index (κ2) is 8.27. The van der Waals surface area contributed by atoms with Crippen molar-refractivity contribution in [2.75, 3.05) is 31.1 Å². The van der Waals surface area contributed by atoms with Gasteiger partial charge in [0.1, 0.15) is 0 Å². The smallest absolute Gasteiger partial charge is 0.0750 e. The van der Waals surface area contributed by atoms with Crippen molar-refractivity contribution in [1.29, 1.82) is 0 Å². The monoisotopic (exact) mass is 404 g/mol. The number of hydrogen-bond donors (Lipinski definition) is 1. The van der Waals surface area contributed by atoms with Crippen molar-refractivity contribution in [2.45, 2.75) is 6.92 Å². The minimum atomic E-state index is 0. The molecule has 3 aromatic carbocycles. The number of rotatable bonds is 3. The number of fused-ring (bicyclic) bond motifs is 1. The lowest BCUT2D eigenvalue weighted by atomic mass is 10.0. The number of aryl methyl sites for hydroxylation is 1. The number of hydrogen-bond acceptors (Lipinski definition) is 3. The normalized spacial score (nSPS) is 14.0. The van der Waals surface area contributed by atoms with Gasteiger partial charge in [0.25, 0.3) is 0 Å². The summed E-state index contributed by atoms with van der Waals surface area (Å²) in [6, 6.07) is 25.9. The molecule has 0 unspecified atom stereocenters. The Morgan fingerprint density at radius 3 is 2.31 bits per heavy atom. The third-order valence-electron chi connectivity index (χ3n) is 5.53. The van der Waals surface area contributed by atoms with E-state index in [2.05, 4.69) is 83.9 Å². The second-order valence-corrected chi connectivity index (χ2v) is 7.35.